The maximum Gasteiger partial charge on any atom is 0.187 e. The van der Waals surface area contributed by atoms with Gasteiger partial charge in [0.25, 0.3) is 0 Å². The summed E-state index contributed by atoms with van der Waals surface area (Å²) in [7, 11) is 0. The van der Waals surface area contributed by atoms with Crippen LogP contribution in [0.25, 0.3) is 0 Å². The number of hydrogen-bond donors (Lipinski definition) is 1. The Bertz CT molecular complexity index is 454. The van der Waals surface area contributed by atoms with E-state index in [4.69, 9.17) is 4.42 Å². The van der Waals surface area contributed by atoms with Crippen LogP contribution >= 0.6 is 11.8 Å². The molecule has 0 aliphatic rings. The molecule has 0 aliphatic heterocycles. The number of hydrogen-bond acceptors (Lipinski definition) is 5. The lowest BCUT2D eigenvalue weighted by Crippen LogP contribution is -2.21. The van der Waals surface area contributed by atoms with Gasteiger partial charge in [-0.15, -0.1) is 0 Å². The van der Waals surface area contributed by atoms with Gasteiger partial charge in [-0.2, -0.15) is 0 Å². The number of thioether (sulfide) groups is 1. The van der Waals surface area contributed by atoms with Crippen LogP contribution in [0.5, 0.6) is 0 Å². The van der Waals surface area contributed by atoms with E-state index in [0.29, 0.717) is 6.04 Å². The Labute approximate surface area is 111 Å². The van der Waals surface area contributed by atoms with Gasteiger partial charge in [0.1, 0.15) is 5.76 Å². The van der Waals surface area contributed by atoms with Crippen molar-refractivity contribution in [2.45, 2.75) is 37.3 Å². The predicted molar refractivity (Wildman–Crippen MR) is 72.3 cm³/mol. The lowest BCUT2D eigenvalue weighted by molar-refractivity contribution is 0.530. The molecule has 18 heavy (non-hydrogen) atoms. The van der Waals surface area contributed by atoms with E-state index in [-0.39, 0.29) is 0 Å². The molecule has 2 aromatic rings. The molecule has 0 saturated carbocycles. The zero-order chi connectivity index (χ0) is 12.8. The Morgan fingerprint density at radius 3 is 2.72 bits per heavy atom. The topological polar surface area (TPSA) is 51.0 Å². The average molecular weight is 263 g/mol. The molecule has 0 unspecified atom stereocenters. The molecule has 0 radical (unpaired) electrons. The third-order valence-electron chi connectivity index (χ3n) is 2.32. The smallest absolute Gasteiger partial charge is 0.187 e. The Morgan fingerprint density at radius 1 is 1.33 bits per heavy atom. The van der Waals surface area contributed by atoms with Crippen molar-refractivity contribution in [1.82, 2.24) is 15.3 Å². The predicted octanol–water partition coefficient (Wildman–Crippen LogP) is 2.86. The van der Waals surface area contributed by atoms with Gasteiger partial charge in [-0.25, -0.2) is 9.97 Å². The SMILES string of the molecule is CC(C)NCc1cnc(SCc2ccco2)nc1. The summed E-state index contributed by atoms with van der Waals surface area (Å²) in [5, 5.41) is 4.11. The normalized spacial score (nSPS) is 11.1. The molecule has 0 spiro atoms. The highest BCUT2D eigenvalue weighted by molar-refractivity contribution is 7.98. The largest absolute Gasteiger partial charge is 0.468 e. The van der Waals surface area contributed by atoms with Crippen molar-refractivity contribution in [1.29, 1.82) is 0 Å². The van der Waals surface area contributed by atoms with Crippen molar-refractivity contribution in [3.63, 3.8) is 0 Å². The summed E-state index contributed by atoms with van der Waals surface area (Å²) in [5.74, 6) is 1.70. The van der Waals surface area contributed by atoms with E-state index in [0.717, 1.165) is 28.8 Å². The number of rotatable bonds is 6. The van der Waals surface area contributed by atoms with Crippen LogP contribution in [0, 0.1) is 0 Å². The quantitative estimate of drug-likeness (QED) is 0.641. The molecule has 0 saturated heterocycles. The summed E-state index contributed by atoms with van der Waals surface area (Å²) in [6.45, 7) is 5.05. The number of aromatic nitrogens is 2. The monoisotopic (exact) mass is 263 g/mol. The van der Waals surface area contributed by atoms with Crippen molar-refractivity contribution >= 4 is 11.8 Å². The lowest BCUT2D eigenvalue weighted by atomic mass is 10.3. The summed E-state index contributed by atoms with van der Waals surface area (Å²) in [5.41, 5.74) is 1.10. The first kappa shape index (κ1) is 13.1. The Kier molecular flexibility index (Phi) is 4.78. The molecule has 2 rings (SSSR count). The van der Waals surface area contributed by atoms with Crippen molar-refractivity contribution in [3.05, 3.63) is 42.1 Å². The molecule has 4 nitrogen and oxygen atoms in total. The fourth-order valence-corrected chi connectivity index (χ4v) is 2.05. The van der Waals surface area contributed by atoms with Gasteiger partial charge in [0.15, 0.2) is 5.16 Å². The Balaban J connectivity index is 1.83. The zero-order valence-corrected chi connectivity index (χ0v) is 11.4. The van der Waals surface area contributed by atoms with Gasteiger partial charge < -0.3 is 9.73 Å². The summed E-state index contributed by atoms with van der Waals surface area (Å²) < 4.78 is 5.26. The second kappa shape index (κ2) is 6.56. The van der Waals surface area contributed by atoms with Crippen LogP contribution in [0.15, 0.2) is 40.4 Å². The fourth-order valence-electron chi connectivity index (χ4n) is 1.36. The molecule has 96 valence electrons. The highest BCUT2D eigenvalue weighted by Gasteiger charge is 2.02. The molecular weight excluding hydrogens is 246 g/mol. The third kappa shape index (κ3) is 4.16. The van der Waals surface area contributed by atoms with E-state index in [1.165, 1.54) is 0 Å². The van der Waals surface area contributed by atoms with Crippen molar-refractivity contribution in [2.24, 2.45) is 0 Å². The number of nitrogens with zero attached hydrogens (tertiary/aromatic N) is 2. The van der Waals surface area contributed by atoms with E-state index in [1.807, 2.05) is 24.5 Å². The first-order valence-corrected chi connectivity index (χ1v) is 6.92. The van der Waals surface area contributed by atoms with Crippen molar-refractivity contribution < 1.29 is 4.42 Å². The summed E-state index contributed by atoms with van der Waals surface area (Å²) in [6, 6.07) is 4.31. The highest BCUT2D eigenvalue weighted by Crippen LogP contribution is 2.18. The molecular formula is C13H17N3OS. The second-order valence-electron chi connectivity index (χ2n) is 4.28. The minimum Gasteiger partial charge on any atom is -0.468 e. The minimum absolute atomic E-state index is 0.470. The molecule has 5 heteroatoms. The van der Waals surface area contributed by atoms with Gasteiger partial charge in [-0.3, -0.25) is 0 Å². The molecule has 0 aliphatic carbocycles. The molecule has 0 amide bonds. The fraction of sp³-hybridized carbons (Fsp3) is 0.385. The van der Waals surface area contributed by atoms with Crippen LogP contribution in [0.4, 0.5) is 0 Å². The van der Waals surface area contributed by atoms with Crippen LogP contribution in [-0.4, -0.2) is 16.0 Å². The van der Waals surface area contributed by atoms with E-state index in [9.17, 15) is 0 Å². The first-order chi connectivity index (χ1) is 8.74. The Morgan fingerprint density at radius 2 is 2.11 bits per heavy atom. The van der Waals surface area contributed by atoms with Crippen LogP contribution in [0.3, 0.4) is 0 Å². The van der Waals surface area contributed by atoms with Gasteiger partial charge in [-0.1, -0.05) is 25.6 Å². The molecule has 0 bridgehead atoms. The summed E-state index contributed by atoms with van der Waals surface area (Å²) in [4.78, 5) is 8.65. The van der Waals surface area contributed by atoms with Crippen molar-refractivity contribution in [2.75, 3.05) is 0 Å². The third-order valence-corrected chi connectivity index (χ3v) is 3.22. The van der Waals surface area contributed by atoms with Gasteiger partial charge in [0, 0.05) is 30.5 Å². The van der Waals surface area contributed by atoms with E-state index < -0.39 is 0 Å². The minimum atomic E-state index is 0.470. The van der Waals surface area contributed by atoms with Gasteiger partial charge in [0.05, 0.1) is 12.0 Å². The number of furan rings is 1. The van der Waals surface area contributed by atoms with Crippen LogP contribution in [0.2, 0.25) is 0 Å². The molecule has 0 aromatic carbocycles. The van der Waals surface area contributed by atoms with Gasteiger partial charge >= 0.3 is 0 Å². The maximum atomic E-state index is 5.26. The van der Waals surface area contributed by atoms with Crippen molar-refractivity contribution in [3.8, 4) is 0 Å². The summed E-state index contributed by atoms with van der Waals surface area (Å²) in [6.07, 6.45) is 5.41. The highest BCUT2D eigenvalue weighted by atomic mass is 32.2. The van der Waals surface area contributed by atoms with Crippen LogP contribution < -0.4 is 5.32 Å². The van der Waals surface area contributed by atoms with E-state index in [2.05, 4.69) is 29.1 Å². The second-order valence-corrected chi connectivity index (χ2v) is 5.22. The molecule has 1 N–H and O–H groups in total. The summed E-state index contributed by atoms with van der Waals surface area (Å²) >= 11 is 1.57. The molecule has 2 aromatic heterocycles. The standard InChI is InChI=1S/C13H17N3OS/c1-10(2)14-6-11-7-15-13(16-8-11)18-9-12-4-3-5-17-12/h3-5,7-8,10,14H,6,9H2,1-2H3. The lowest BCUT2D eigenvalue weighted by Gasteiger charge is -2.07. The van der Waals surface area contributed by atoms with Gasteiger partial charge in [0.2, 0.25) is 0 Å². The van der Waals surface area contributed by atoms with E-state index in [1.54, 1.807) is 18.0 Å². The average Bonchev–Trinajstić information content (AvgIpc) is 2.88. The van der Waals surface area contributed by atoms with Gasteiger partial charge in [-0.05, 0) is 12.1 Å². The zero-order valence-electron chi connectivity index (χ0n) is 10.6. The van der Waals surface area contributed by atoms with E-state index >= 15 is 0 Å². The molecule has 2 heterocycles. The molecule has 0 atom stereocenters. The maximum absolute atomic E-state index is 5.26. The number of nitrogens with one attached hydrogen (secondary N) is 1. The van der Waals surface area contributed by atoms with Crippen LogP contribution in [0.1, 0.15) is 25.2 Å². The Hall–Kier alpha value is -1.33. The van der Waals surface area contributed by atoms with Crippen LogP contribution in [-0.2, 0) is 12.3 Å². The molecule has 0 fully saturated rings. The first-order valence-electron chi connectivity index (χ1n) is 5.93.